The molecule has 0 saturated heterocycles. The van der Waals surface area contributed by atoms with Crippen LogP contribution in [0.2, 0.25) is 0 Å². The number of primary sulfonamides is 1. The number of hydrogen-bond donors (Lipinski definition) is 1. The second-order valence-electron chi connectivity index (χ2n) is 5.82. The minimum atomic E-state index is -3.94. The summed E-state index contributed by atoms with van der Waals surface area (Å²) >= 11 is 3.46. The molecule has 0 amide bonds. The Labute approximate surface area is 132 Å². The standard InChI is InChI=1S/C13H17BrN4O2S/c1-8-5-6-9(7-10(8)14)11-16-17-12(21(15,19)20)18(11)13(2,3)4/h5-7H,1-4H3,(H2,15,19,20). The van der Waals surface area contributed by atoms with E-state index in [1.165, 1.54) is 0 Å². The lowest BCUT2D eigenvalue weighted by Gasteiger charge is -2.24. The van der Waals surface area contributed by atoms with Gasteiger partial charge in [-0.25, -0.2) is 13.6 Å². The maximum atomic E-state index is 11.7. The number of aromatic nitrogens is 3. The van der Waals surface area contributed by atoms with Gasteiger partial charge in [0.05, 0.1) is 0 Å². The van der Waals surface area contributed by atoms with Crippen molar-refractivity contribution in [1.29, 1.82) is 0 Å². The number of benzene rings is 1. The van der Waals surface area contributed by atoms with Crippen LogP contribution in [0.15, 0.2) is 27.8 Å². The van der Waals surface area contributed by atoms with Crippen molar-refractivity contribution >= 4 is 26.0 Å². The van der Waals surface area contributed by atoms with E-state index in [2.05, 4.69) is 26.1 Å². The molecule has 1 aromatic carbocycles. The van der Waals surface area contributed by atoms with Gasteiger partial charge >= 0.3 is 0 Å². The molecular formula is C13H17BrN4O2S. The van der Waals surface area contributed by atoms with Crippen LogP contribution in [0.3, 0.4) is 0 Å². The van der Waals surface area contributed by atoms with Crippen LogP contribution in [0.4, 0.5) is 0 Å². The average molecular weight is 373 g/mol. The molecule has 0 radical (unpaired) electrons. The van der Waals surface area contributed by atoms with Crippen LogP contribution in [0.5, 0.6) is 0 Å². The molecule has 2 N–H and O–H groups in total. The number of halogens is 1. The first-order chi connectivity index (χ1) is 9.51. The van der Waals surface area contributed by atoms with Crippen molar-refractivity contribution < 1.29 is 8.42 Å². The van der Waals surface area contributed by atoms with Crippen molar-refractivity contribution in [2.75, 3.05) is 0 Å². The molecule has 0 aliphatic heterocycles. The van der Waals surface area contributed by atoms with Crippen molar-refractivity contribution in [3.8, 4) is 11.4 Å². The van der Waals surface area contributed by atoms with E-state index in [1.807, 2.05) is 45.9 Å². The largest absolute Gasteiger partial charge is 0.291 e. The number of rotatable bonds is 2. The van der Waals surface area contributed by atoms with Crippen LogP contribution in [-0.4, -0.2) is 23.2 Å². The van der Waals surface area contributed by atoms with Gasteiger partial charge in [-0.2, -0.15) is 0 Å². The summed E-state index contributed by atoms with van der Waals surface area (Å²) in [5, 5.41) is 12.8. The molecule has 1 heterocycles. The summed E-state index contributed by atoms with van der Waals surface area (Å²) in [6, 6.07) is 5.69. The lowest BCUT2D eigenvalue weighted by Crippen LogP contribution is -2.29. The normalized spacial score (nSPS) is 12.7. The molecule has 2 rings (SSSR count). The van der Waals surface area contributed by atoms with Gasteiger partial charge in [-0.05, 0) is 39.3 Å². The van der Waals surface area contributed by atoms with Gasteiger partial charge in [-0.15, -0.1) is 10.2 Å². The highest BCUT2D eigenvalue weighted by Crippen LogP contribution is 2.30. The fourth-order valence-electron chi connectivity index (χ4n) is 1.98. The van der Waals surface area contributed by atoms with E-state index in [0.29, 0.717) is 5.82 Å². The van der Waals surface area contributed by atoms with Crippen molar-refractivity contribution in [1.82, 2.24) is 14.8 Å². The summed E-state index contributed by atoms with van der Waals surface area (Å²) in [4.78, 5) is 0. The third-order valence-electron chi connectivity index (χ3n) is 2.99. The molecule has 21 heavy (non-hydrogen) atoms. The van der Waals surface area contributed by atoms with E-state index in [-0.39, 0.29) is 5.16 Å². The molecule has 6 nitrogen and oxygen atoms in total. The zero-order valence-electron chi connectivity index (χ0n) is 12.3. The zero-order chi connectivity index (χ0) is 16.0. The Morgan fingerprint density at radius 2 is 1.86 bits per heavy atom. The Kier molecular flexibility index (Phi) is 3.98. The minimum Gasteiger partial charge on any atom is -0.291 e. The predicted octanol–water partition coefficient (Wildman–Crippen LogP) is 2.42. The molecule has 8 heteroatoms. The average Bonchev–Trinajstić information content (AvgIpc) is 2.76. The first-order valence-electron chi connectivity index (χ1n) is 6.27. The monoisotopic (exact) mass is 372 g/mol. The summed E-state index contributed by atoms with van der Waals surface area (Å²) in [6.07, 6.45) is 0. The van der Waals surface area contributed by atoms with Gasteiger partial charge in [-0.1, -0.05) is 28.1 Å². The van der Waals surface area contributed by atoms with Crippen LogP contribution >= 0.6 is 15.9 Å². The summed E-state index contributed by atoms with van der Waals surface area (Å²) in [7, 11) is -3.94. The molecule has 0 spiro atoms. The van der Waals surface area contributed by atoms with Crippen LogP contribution in [-0.2, 0) is 15.6 Å². The van der Waals surface area contributed by atoms with Crippen LogP contribution < -0.4 is 5.14 Å². The second kappa shape index (κ2) is 5.19. The Morgan fingerprint density at radius 3 is 2.33 bits per heavy atom. The van der Waals surface area contributed by atoms with Crippen molar-refractivity contribution in [3.63, 3.8) is 0 Å². The quantitative estimate of drug-likeness (QED) is 0.875. The molecule has 0 saturated carbocycles. The van der Waals surface area contributed by atoms with Gasteiger partial charge in [0.1, 0.15) is 0 Å². The van der Waals surface area contributed by atoms with Crippen molar-refractivity contribution in [2.45, 2.75) is 38.4 Å². The first-order valence-corrected chi connectivity index (χ1v) is 8.61. The van der Waals surface area contributed by atoms with Gasteiger partial charge in [0.15, 0.2) is 5.82 Å². The van der Waals surface area contributed by atoms with Crippen LogP contribution in [0.1, 0.15) is 26.3 Å². The molecule has 0 atom stereocenters. The minimum absolute atomic E-state index is 0.235. The van der Waals surface area contributed by atoms with E-state index in [4.69, 9.17) is 5.14 Å². The number of nitrogens with two attached hydrogens (primary N) is 1. The molecule has 2 aromatic rings. The van der Waals surface area contributed by atoms with Gasteiger partial charge in [0.2, 0.25) is 0 Å². The second-order valence-corrected chi connectivity index (χ2v) is 8.13. The van der Waals surface area contributed by atoms with Crippen molar-refractivity contribution in [2.24, 2.45) is 5.14 Å². The number of aryl methyl sites for hydroxylation is 1. The molecule has 0 aliphatic rings. The molecule has 0 aliphatic carbocycles. The smallest absolute Gasteiger partial charge is 0.273 e. The van der Waals surface area contributed by atoms with Crippen LogP contribution in [0.25, 0.3) is 11.4 Å². The first kappa shape index (κ1) is 16.1. The molecule has 1 aromatic heterocycles. The fraction of sp³-hybridized carbons (Fsp3) is 0.385. The third kappa shape index (κ3) is 3.17. The Balaban J connectivity index is 2.76. The van der Waals surface area contributed by atoms with E-state index >= 15 is 0 Å². The highest BCUT2D eigenvalue weighted by Gasteiger charge is 2.29. The summed E-state index contributed by atoms with van der Waals surface area (Å²) in [5.41, 5.74) is 1.31. The molecule has 0 unspecified atom stereocenters. The predicted molar refractivity (Wildman–Crippen MR) is 84.3 cm³/mol. The summed E-state index contributed by atoms with van der Waals surface area (Å²) in [6.45, 7) is 7.59. The van der Waals surface area contributed by atoms with Gasteiger partial charge in [-0.3, -0.25) is 4.57 Å². The van der Waals surface area contributed by atoms with Gasteiger partial charge in [0, 0.05) is 15.6 Å². The van der Waals surface area contributed by atoms with Crippen molar-refractivity contribution in [3.05, 3.63) is 28.2 Å². The maximum absolute atomic E-state index is 11.7. The Bertz CT molecular complexity index is 791. The van der Waals surface area contributed by atoms with Gasteiger partial charge in [0.25, 0.3) is 15.2 Å². The fourth-order valence-corrected chi connectivity index (χ4v) is 3.13. The van der Waals surface area contributed by atoms with E-state index < -0.39 is 15.6 Å². The summed E-state index contributed by atoms with van der Waals surface area (Å²) < 4.78 is 25.9. The maximum Gasteiger partial charge on any atom is 0.273 e. The SMILES string of the molecule is Cc1ccc(-c2nnc(S(N)(=O)=O)n2C(C)(C)C)cc1Br. The zero-order valence-corrected chi connectivity index (χ0v) is 14.7. The number of sulfonamides is 1. The molecule has 0 bridgehead atoms. The lowest BCUT2D eigenvalue weighted by molar-refractivity contribution is 0.366. The highest BCUT2D eigenvalue weighted by molar-refractivity contribution is 9.10. The lowest BCUT2D eigenvalue weighted by atomic mass is 10.1. The summed E-state index contributed by atoms with van der Waals surface area (Å²) in [5.74, 6) is 0.465. The molecule has 0 fully saturated rings. The number of hydrogen-bond acceptors (Lipinski definition) is 4. The molecule has 114 valence electrons. The Morgan fingerprint density at radius 1 is 1.24 bits per heavy atom. The van der Waals surface area contributed by atoms with Crippen LogP contribution in [0, 0.1) is 6.92 Å². The third-order valence-corrected chi connectivity index (χ3v) is 4.62. The van der Waals surface area contributed by atoms with Gasteiger partial charge < -0.3 is 0 Å². The van der Waals surface area contributed by atoms with E-state index in [1.54, 1.807) is 4.57 Å². The van der Waals surface area contributed by atoms with E-state index in [0.717, 1.165) is 15.6 Å². The topological polar surface area (TPSA) is 90.9 Å². The Hall–Kier alpha value is -1.25. The van der Waals surface area contributed by atoms with E-state index in [9.17, 15) is 8.42 Å². The highest BCUT2D eigenvalue weighted by atomic mass is 79.9. The number of nitrogens with zero attached hydrogens (tertiary/aromatic N) is 3. The molecular weight excluding hydrogens is 356 g/mol.